The van der Waals surface area contributed by atoms with Crippen LogP contribution in [0.4, 0.5) is 14.5 Å². The van der Waals surface area contributed by atoms with Crippen molar-refractivity contribution in [1.82, 2.24) is 10.2 Å². The minimum Gasteiger partial charge on any atom is -0.322 e. The Morgan fingerprint density at radius 3 is 2.44 bits per heavy atom. The molecule has 0 spiro atoms. The van der Waals surface area contributed by atoms with E-state index in [1.165, 1.54) is 12.4 Å². The summed E-state index contributed by atoms with van der Waals surface area (Å²) in [6.07, 6.45) is 0.312. The Kier molecular flexibility index (Phi) is 3.78. The molecule has 134 valence electrons. The maximum absolute atomic E-state index is 14.3. The lowest BCUT2D eigenvalue weighted by molar-refractivity contribution is -0.0287. The van der Waals surface area contributed by atoms with E-state index in [-0.39, 0.29) is 5.91 Å². The van der Waals surface area contributed by atoms with Crippen LogP contribution in [0.5, 0.6) is 0 Å². The van der Waals surface area contributed by atoms with E-state index < -0.39 is 22.7 Å². The van der Waals surface area contributed by atoms with Gasteiger partial charge >= 0.3 is 0 Å². The lowest BCUT2D eigenvalue weighted by atomic mass is 9.58. The molecule has 3 rings (SSSR count). The van der Waals surface area contributed by atoms with Gasteiger partial charge in [0.25, 0.3) is 5.91 Å². The number of rotatable bonds is 3. The highest BCUT2D eigenvalue weighted by Crippen LogP contribution is 2.65. The van der Waals surface area contributed by atoms with Gasteiger partial charge in [-0.1, -0.05) is 39.8 Å². The van der Waals surface area contributed by atoms with Gasteiger partial charge in [-0.15, -0.1) is 0 Å². The van der Waals surface area contributed by atoms with Crippen LogP contribution in [0.15, 0.2) is 30.6 Å². The number of anilines is 1. The van der Waals surface area contributed by atoms with Crippen LogP contribution in [-0.2, 0) is 10.8 Å². The molecule has 1 aromatic heterocycles. The van der Waals surface area contributed by atoms with E-state index in [0.29, 0.717) is 16.8 Å². The van der Waals surface area contributed by atoms with Crippen molar-refractivity contribution < 1.29 is 13.6 Å². The number of hydrogen-bond donors (Lipinski definition) is 2. The highest BCUT2D eigenvalue weighted by molar-refractivity contribution is 6.04. The number of H-pyrrole nitrogens is 1. The molecule has 25 heavy (non-hydrogen) atoms. The van der Waals surface area contributed by atoms with Gasteiger partial charge in [-0.25, -0.2) is 8.78 Å². The average molecular weight is 347 g/mol. The number of nitrogens with one attached hydrogen (secondary N) is 2. The van der Waals surface area contributed by atoms with E-state index in [1.807, 2.05) is 33.8 Å². The van der Waals surface area contributed by atoms with Crippen molar-refractivity contribution in [2.24, 2.45) is 5.41 Å². The molecule has 0 aliphatic heterocycles. The van der Waals surface area contributed by atoms with Crippen LogP contribution in [0, 0.1) is 5.41 Å². The summed E-state index contributed by atoms with van der Waals surface area (Å²) < 4.78 is 28.6. The van der Waals surface area contributed by atoms with Crippen molar-refractivity contribution in [3.05, 3.63) is 47.3 Å². The lowest BCUT2D eigenvalue weighted by Crippen LogP contribution is -2.48. The Labute approximate surface area is 146 Å². The average Bonchev–Trinajstić information content (AvgIpc) is 3.10. The molecule has 6 heteroatoms. The third kappa shape index (κ3) is 2.16. The van der Waals surface area contributed by atoms with Gasteiger partial charge in [0.05, 0.1) is 17.2 Å². The van der Waals surface area contributed by atoms with Crippen LogP contribution in [0.25, 0.3) is 0 Å². The molecule has 1 heterocycles. The van der Waals surface area contributed by atoms with E-state index in [4.69, 9.17) is 0 Å². The second kappa shape index (κ2) is 5.38. The second-order valence-electron chi connectivity index (χ2n) is 7.92. The number of alkyl halides is 2. The van der Waals surface area contributed by atoms with Gasteiger partial charge in [0, 0.05) is 11.9 Å². The number of aromatic nitrogens is 2. The van der Waals surface area contributed by atoms with Crippen molar-refractivity contribution in [2.45, 2.75) is 51.9 Å². The normalized spacial score (nSPS) is 23.5. The largest absolute Gasteiger partial charge is 0.322 e. The Morgan fingerprint density at radius 1 is 1.20 bits per heavy atom. The summed E-state index contributed by atoms with van der Waals surface area (Å²) in [5.74, 6) is -0.374. The summed E-state index contributed by atoms with van der Waals surface area (Å²) in [5.41, 5.74) is -0.386. The molecule has 2 aromatic rings. The summed E-state index contributed by atoms with van der Waals surface area (Å²) in [6.45, 7) is 9.32. The fourth-order valence-corrected chi connectivity index (χ4v) is 3.99. The quantitative estimate of drug-likeness (QED) is 0.859. The maximum Gasteiger partial charge on any atom is 0.258 e. The zero-order valence-corrected chi connectivity index (χ0v) is 15.1. The molecule has 4 nitrogen and oxygen atoms in total. The standard InChI is InChI=1S/C19H23F2N3O/c1-17(2)12-7-6-8-13(24-15(25)11-9-22-23-10-11)14(12)19(5,16(20)21)18(17,3)4/h6-10,16H,1-5H3,(H,22,23)(H,24,25). The van der Waals surface area contributed by atoms with Crippen LogP contribution in [0.2, 0.25) is 0 Å². The third-order valence-electron chi connectivity index (χ3n) is 6.56. The summed E-state index contributed by atoms with van der Waals surface area (Å²) in [5, 5.41) is 9.13. The number of halogens is 2. The van der Waals surface area contributed by atoms with Gasteiger partial charge in [-0.3, -0.25) is 9.89 Å². The summed E-state index contributed by atoms with van der Waals surface area (Å²) in [4.78, 5) is 12.4. The molecule has 1 amide bonds. The smallest absolute Gasteiger partial charge is 0.258 e. The number of amides is 1. The van der Waals surface area contributed by atoms with Crippen LogP contribution < -0.4 is 5.32 Å². The number of hydrogen-bond acceptors (Lipinski definition) is 2. The number of nitrogens with zero attached hydrogens (tertiary/aromatic N) is 1. The van der Waals surface area contributed by atoms with E-state index in [9.17, 15) is 13.6 Å². The molecule has 1 atom stereocenters. The van der Waals surface area contributed by atoms with Gasteiger partial charge in [-0.05, 0) is 34.9 Å². The number of carbonyl (C=O) groups excluding carboxylic acids is 1. The van der Waals surface area contributed by atoms with Gasteiger partial charge in [-0.2, -0.15) is 5.10 Å². The molecular weight excluding hydrogens is 324 g/mol. The lowest BCUT2D eigenvalue weighted by Gasteiger charge is -2.46. The van der Waals surface area contributed by atoms with Gasteiger partial charge in [0.15, 0.2) is 0 Å². The molecule has 1 aliphatic rings. The molecule has 0 radical (unpaired) electrons. The minimum atomic E-state index is -2.56. The first-order chi connectivity index (χ1) is 11.5. The highest BCUT2D eigenvalue weighted by atomic mass is 19.3. The molecule has 0 bridgehead atoms. The Bertz CT molecular complexity index is 812. The Hall–Kier alpha value is -2.24. The number of carbonyl (C=O) groups is 1. The third-order valence-corrected chi connectivity index (χ3v) is 6.56. The maximum atomic E-state index is 14.3. The molecular formula is C19H23F2N3O. The number of benzene rings is 1. The number of aromatic amines is 1. The highest BCUT2D eigenvalue weighted by Gasteiger charge is 2.64. The SMILES string of the molecule is CC1(C)c2cccc(NC(=O)c3cn[nH]c3)c2C(C)(C(F)F)C1(C)C. The number of fused-ring (bicyclic) bond motifs is 1. The molecule has 1 unspecified atom stereocenters. The van der Waals surface area contributed by atoms with Crippen LogP contribution in [0.3, 0.4) is 0 Å². The van der Waals surface area contributed by atoms with Crippen LogP contribution in [0.1, 0.15) is 56.1 Å². The van der Waals surface area contributed by atoms with Crippen molar-refractivity contribution in [1.29, 1.82) is 0 Å². The molecule has 0 fully saturated rings. The van der Waals surface area contributed by atoms with Crippen molar-refractivity contribution in [3.63, 3.8) is 0 Å². The Morgan fingerprint density at radius 2 is 1.88 bits per heavy atom. The fraction of sp³-hybridized carbons (Fsp3) is 0.474. The predicted molar refractivity (Wildman–Crippen MR) is 93.1 cm³/mol. The van der Waals surface area contributed by atoms with Gasteiger partial charge in [0.1, 0.15) is 0 Å². The van der Waals surface area contributed by atoms with Gasteiger partial charge < -0.3 is 5.32 Å². The first-order valence-electron chi connectivity index (χ1n) is 8.27. The van der Waals surface area contributed by atoms with E-state index >= 15 is 0 Å². The second-order valence-corrected chi connectivity index (χ2v) is 7.92. The molecule has 2 N–H and O–H groups in total. The zero-order valence-electron chi connectivity index (χ0n) is 15.1. The first kappa shape index (κ1) is 17.6. The van der Waals surface area contributed by atoms with E-state index in [1.54, 1.807) is 19.1 Å². The van der Waals surface area contributed by atoms with Crippen molar-refractivity contribution >= 4 is 11.6 Å². The first-order valence-corrected chi connectivity index (χ1v) is 8.27. The molecule has 1 aliphatic carbocycles. The molecule has 0 saturated carbocycles. The van der Waals surface area contributed by atoms with Gasteiger partial charge in [0.2, 0.25) is 6.43 Å². The van der Waals surface area contributed by atoms with Crippen LogP contribution in [-0.4, -0.2) is 22.5 Å². The van der Waals surface area contributed by atoms with E-state index in [2.05, 4.69) is 15.5 Å². The summed E-state index contributed by atoms with van der Waals surface area (Å²) in [6, 6.07) is 5.38. The van der Waals surface area contributed by atoms with Crippen molar-refractivity contribution in [2.75, 3.05) is 5.32 Å². The minimum absolute atomic E-state index is 0.355. The zero-order chi connectivity index (χ0) is 18.6. The molecule has 1 aromatic carbocycles. The summed E-state index contributed by atoms with van der Waals surface area (Å²) >= 11 is 0. The molecule has 0 saturated heterocycles. The fourth-order valence-electron chi connectivity index (χ4n) is 3.99. The van der Waals surface area contributed by atoms with Crippen molar-refractivity contribution in [3.8, 4) is 0 Å². The predicted octanol–water partition coefficient (Wildman–Crippen LogP) is 4.50. The van der Waals surface area contributed by atoms with E-state index in [0.717, 1.165) is 5.56 Å². The summed E-state index contributed by atoms with van der Waals surface area (Å²) in [7, 11) is 0. The van der Waals surface area contributed by atoms with Crippen LogP contribution >= 0.6 is 0 Å². The Balaban J connectivity index is 2.18. The topological polar surface area (TPSA) is 57.8 Å². The monoisotopic (exact) mass is 347 g/mol.